The van der Waals surface area contributed by atoms with Crippen LogP contribution in [0.15, 0.2) is 36.9 Å². The van der Waals surface area contributed by atoms with Crippen LogP contribution < -0.4 is 5.32 Å². The zero-order chi connectivity index (χ0) is 15.6. The number of tetrazole rings is 1. The molecule has 0 unspecified atom stereocenters. The highest BCUT2D eigenvalue weighted by Gasteiger charge is 2.12. The topological polar surface area (TPSA) is 132 Å². The van der Waals surface area contributed by atoms with Crippen molar-refractivity contribution >= 4 is 11.6 Å². The first kappa shape index (κ1) is 13.1. The number of carbonyl (C=O) groups excluding carboxylic acids is 1. The molecule has 0 aliphatic carbocycles. The maximum atomic E-state index is 12.2. The van der Waals surface area contributed by atoms with Gasteiger partial charge in [0.1, 0.15) is 18.3 Å². The van der Waals surface area contributed by atoms with E-state index in [1.807, 2.05) is 18.2 Å². The summed E-state index contributed by atoms with van der Waals surface area (Å²) in [6, 6.07) is 7.12. The molecule has 11 nitrogen and oxygen atoms in total. The maximum Gasteiger partial charge on any atom is 0.269 e. The van der Waals surface area contributed by atoms with Gasteiger partial charge in [-0.05, 0) is 22.6 Å². The lowest BCUT2D eigenvalue weighted by Gasteiger charge is -2.05. The lowest BCUT2D eigenvalue weighted by molar-refractivity contribution is 0.0945. The molecule has 11 heteroatoms. The van der Waals surface area contributed by atoms with Gasteiger partial charge in [0.15, 0.2) is 11.5 Å². The van der Waals surface area contributed by atoms with Gasteiger partial charge in [-0.15, -0.1) is 5.10 Å². The third-order valence-corrected chi connectivity index (χ3v) is 3.20. The standard InChI is InChI=1S/C12H10N10O/c23-12(9-4-11(18-17-9)21-7-15-19-20-21)13-5-8-2-1-3-10-14-6-16-22(8)10/h1-4,6-7H,5H2,(H,13,23)(H,17,18). The summed E-state index contributed by atoms with van der Waals surface area (Å²) in [5.74, 6) is 0.132. The highest BCUT2D eigenvalue weighted by Crippen LogP contribution is 2.06. The second kappa shape index (κ2) is 5.29. The quantitative estimate of drug-likeness (QED) is 0.512. The van der Waals surface area contributed by atoms with Crippen molar-refractivity contribution in [1.29, 1.82) is 0 Å². The Hall–Kier alpha value is -3.63. The van der Waals surface area contributed by atoms with Crippen molar-refractivity contribution in [3.8, 4) is 5.82 Å². The van der Waals surface area contributed by atoms with E-state index >= 15 is 0 Å². The summed E-state index contributed by atoms with van der Waals surface area (Å²) in [4.78, 5) is 16.3. The van der Waals surface area contributed by atoms with E-state index in [1.165, 1.54) is 17.3 Å². The molecular weight excluding hydrogens is 300 g/mol. The molecule has 0 spiro atoms. The van der Waals surface area contributed by atoms with Gasteiger partial charge >= 0.3 is 0 Å². The summed E-state index contributed by atoms with van der Waals surface area (Å²) in [7, 11) is 0. The van der Waals surface area contributed by atoms with Crippen LogP contribution in [0.3, 0.4) is 0 Å². The van der Waals surface area contributed by atoms with Crippen LogP contribution >= 0.6 is 0 Å². The van der Waals surface area contributed by atoms with Gasteiger partial charge in [0, 0.05) is 6.07 Å². The molecule has 0 aliphatic rings. The molecule has 0 atom stereocenters. The molecule has 0 saturated heterocycles. The van der Waals surface area contributed by atoms with Crippen LogP contribution in [0.25, 0.3) is 11.5 Å². The predicted octanol–water partition coefficient (Wildman–Crippen LogP) is -0.642. The van der Waals surface area contributed by atoms with Gasteiger partial charge in [-0.1, -0.05) is 6.07 Å². The molecule has 0 aliphatic heterocycles. The predicted molar refractivity (Wildman–Crippen MR) is 75.5 cm³/mol. The highest BCUT2D eigenvalue weighted by molar-refractivity contribution is 5.92. The van der Waals surface area contributed by atoms with E-state index in [1.54, 1.807) is 10.6 Å². The number of carbonyl (C=O) groups is 1. The van der Waals surface area contributed by atoms with Gasteiger partial charge in [0.05, 0.1) is 12.2 Å². The number of H-pyrrole nitrogens is 1. The molecule has 0 saturated carbocycles. The van der Waals surface area contributed by atoms with Crippen molar-refractivity contribution < 1.29 is 4.79 Å². The lowest BCUT2D eigenvalue weighted by Crippen LogP contribution is -2.24. The fourth-order valence-corrected chi connectivity index (χ4v) is 2.11. The number of aromatic nitrogens is 9. The van der Waals surface area contributed by atoms with Crippen molar-refractivity contribution in [2.75, 3.05) is 0 Å². The fourth-order valence-electron chi connectivity index (χ4n) is 2.11. The number of amides is 1. The second-order valence-electron chi connectivity index (χ2n) is 4.62. The van der Waals surface area contributed by atoms with Crippen LogP contribution in [0.4, 0.5) is 0 Å². The van der Waals surface area contributed by atoms with Crippen LogP contribution in [-0.4, -0.2) is 50.9 Å². The molecule has 4 heterocycles. The summed E-state index contributed by atoms with van der Waals surface area (Å²) in [5.41, 5.74) is 1.84. The Morgan fingerprint density at radius 3 is 3.17 bits per heavy atom. The smallest absolute Gasteiger partial charge is 0.269 e. The number of pyridine rings is 1. The van der Waals surface area contributed by atoms with Gasteiger partial charge in [-0.3, -0.25) is 9.89 Å². The van der Waals surface area contributed by atoms with Gasteiger partial charge in [-0.25, -0.2) is 9.50 Å². The monoisotopic (exact) mass is 310 g/mol. The molecule has 23 heavy (non-hydrogen) atoms. The molecule has 0 aromatic carbocycles. The van der Waals surface area contributed by atoms with Crippen molar-refractivity contribution in [3.05, 3.63) is 48.3 Å². The summed E-state index contributed by atoms with van der Waals surface area (Å²) < 4.78 is 3.02. The van der Waals surface area contributed by atoms with E-state index in [9.17, 15) is 4.79 Å². The zero-order valence-electron chi connectivity index (χ0n) is 11.7. The zero-order valence-corrected chi connectivity index (χ0v) is 11.7. The minimum atomic E-state index is -0.297. The fraction of sp³-hybridized carbons (Fsp3) is 0.0833. The molecule has 4 aromatic rings. The molecule has 4 rings (SSSR count). The summed E-state index contributed by atoms with van der Waals surface area (Å²) in [6.45, 7) is 0.304. The lowest BCUT2D eigenvalue weighted by atomic mass is 10.3. The number of hydrogen-bond acceptors (Lipinski definition) is 7. The van der Waals surface area contributed by atoms with E-state index in [0.717, 1.165) is 11.3 Å². The number of nitrogens with zero attached hydrogens (tertiary/aromatic N) is 8. The Balaban J connectivity index is 1.49. The molecule has 2 N–H and O–H groups in total. The van der Waals surface area contributed by atoms with E-state index < -0.39 is 0 Å². The van der Waals surface area contributed by atoms with E-state index in [-0.39, 0.29) is 5.91 Å². The van der Waals surface area contributed by atoms with Crippen molar-refractivity contribution in [2.24, 2.45) is 0 Å². The van der Waals surface area contributed by atoms with Gasteiger partial charge in [0.2, 0.25) is 0 Å². The van der Waals surface area contributed by atoms with Crippen LogP contribution in [0, 0.1) is 0 Å². The number of nitrogens with one attached hydrogen (secondary N) is 2. The molecule has 4 aromatic heterocycles. The van der Waals surface area contributed by atoms with Gasteiger partial charge < -0.3 is 5.32 Å². The Labute approximate surface area is 128 Å². The van der Waals surface area contributed by atoms with Crippen molar-refractivity contribution in [3.63, 3.8) is 0 Å². The number of hydrogen-bond donors (Lipinski definition) is 2. The van der Waals surface area contributed by atoms with Gasteiger partial charge in [0.25, 0.3) is 5.91 Å². The summed E-state index contributed by atoms with van der Waals surface area (Å²) in [6.07, 6.45) is 2.86. The van der Waals surface area contributed by atoms with Crippen molar-refractivity contribution in [2.45, 2.75) is 6.54 Å². The molecule has 0 bridgehead atoms. The summed E-state index contributed by atoms with van der Waals surface area (Å²) >= 11 is 0. The maximum absolute atomic E-state index is 12.2. The van der Waals surface area contributed by atoms with Crippen LogP contribution in [-0.2, 0) is 6.54 Å². The van der Waals surface area contributed by atoms with Gasteiger partial charge in [-0.2, -0.15) is 14.9 Å². The minimum absolute atomic E-state index is 0.297. The number of fused-ring (bicyclic) bond motifs is 1. The Bertz CT molecular complexity index is 953. The Kier molecular flexibility index (Phi) is 3.00. The van der Waals surface area contributed by atoms with E-state index in [4.69, 9.17) is 0 Å². The first-order valence-electron chi connectivity index (χ1n) is 6.66. The minimum Gasteiger partial charge on any atom is -0.345 e. The number of aromatic amines is 1. The van der Waals surface area contributed by atoms with Crippen molar-refractivity contribution in [1.82, 2.24) is 50.3 Å². The largest absolute Gasteiger partial charge is 0.345 e. The molecular formula is C12H10N10O. The summed E-state index contributed by atoms with van der Waals surface area (Å²) in [5, 5.41) is 24.3. The first-order valence-corrected chi connectivity index (χ1v) is 6.66. The molecule has 1 amide bonds. The number of rotatable bonds is 4. The highest BCUT2D eigenvalue weighted by atomic mass is 16.1. The average Bonchev–Trinajstić information content (AvgIpc) is 3.32. The normalized spacial score (nSPS) is 11.0. The third kappa shape index (κ3) is 2.39. The van der Waals surface area contributed by atoms with Crippen LogP contribution in [0.1, 0.15) is 16.2 Å². The molecule has 0 radical (unpaired) electrons. The first-order chi connectivity index (χ1) is 11.3. The van der Waals surface area contributed by atoms with Crippen LogP contribution in [0.5, 0.6) is 0 Å². The van der Waals surface area contributed by atoms with Crippen LogP contribution in [0.2, 0.25) is 0 Å². The van der Waals surface area contributed by atoms with E-state index in [2.05, 4.69) is 41.1 Å². The second-order valence-corrected chi connectivity index (χ2v) is 4.62. The third-order valence-electron chi connectivity index (χ3n) is 3.20. The Morgan fingerprint density at radius 1 is 1.35 bits per heavy atom. The molecule has 0 fully saturated rings. The molecule has 114 valence electrons. The SMILES string of the molecule is O=C(NCc1cccc2ncnn12)c1cc(-n2cnnn2)n[nH]1. The Morgan fingerprint density at radius 2 is 2.30 bits per heavy atom. The average molecular weight is 310 g/mol. The van der Waals surface area contributed by atoms with E-state index in [0.29, 0.717) is 18.1 Å².